The average Bonchev–Trinajstić information content (AvgIpc) is 3.03. The molecule has 28 heavy (non-hydrogen) atoms. The third-order valence-electron chi connectivity index (χ3n) is 3.90. The summed E-state index contributed by atoms with van der Waals surface area (Å²) in [4.78, 5) is 12.7. The minimum absolute atomic E-state index is 0.00324. The fourth-order valence-corrected chi connectivity index (χ4v) is 3.79. The van der Waals surface area contributed by atoms with Crippen molar-refractivity contribution in [3.63, 3.8) is 0 Å². The number of nitrogens with one attached hydrogen (secondary N) is 1. The molecule has 0 saturated carbocycles. The van der Waals surface area contributed by atoms with Crippen LogP contribution in [0.1, 0.15) is 15.9 Å². The van der Waals surface area contributed by atoms with Gasteiger partial charge in [-0.3, -0.25) is 4.79 Å². The summed E-state index contributed by atoms with van der Waals surface area (Å²) in [6.07, 6.45) is 2.58. The Morgan fingerprint density at radius 1 is 1.07 bits per heavy atom. The molecule has 0 radical (unpaired) electrons. The third-order valence-corrected chi connectivity index (χ3v) is 5.93. The number of nitrogens with zero attached hydrogens (tertiary/aromatic N) is 2. The van der Waals surface area contributed by atoms with Crippen LogP contribution < -0.4 is 5.32 Å². The number of anilines is 1. The van der Waals surface area contributed by atoms with Crippen LogP contribution in [0.3, 0.4) is 0 Å². The van der Waals surface area contributed by atoms with E-state index in [1.54, 1.807) is 28.9 Å². The SMILES string of the molecule is CS(=O)(=O)c1ccc(Cl)c(C(=O)Nc2ccnn2Cc2ccc(Cl)cc2Cl)c1. The van der Waals surface area contributed by atoms with Gasteiger partial charge in [-0.15, -0.1) is 0 Å². The molecule has 0 atom stereocenters. The van der Waals surface area contributed by atoms with Gasteiger partial charge in [-0.2, -0.15) is 5.10 Å². The topological polar surface area (TPSA) is 81.1 Å². The summed E-state index contributed by atoms with van der Waals surface area (Å²) in [5.74, 6) is -0.156. The van der Waals surface area contributed by atoms with Gasteiger partial charge < -0.3 is 5.32 Å². The highest BCUT2D eigenvalue weighted by atomic mass is 35.5. The summed E-state index contributed by atoms with van der Waals surface area (Å²) >= 11 is 18.2. The minimum atomic E-state index is -3.48. The standard InChI is InChI=1S/C18H14Cl3N3O3S/c1-28(26,27)13-4-5-15(20)14(9-13)18(25)23-17-6-7-22-24(17)10-11-2-3-12(19)8-16(11)21/h2-9H,10H2,1H3,(H,23,25). The van der Waals surface area contributed by atoms with Crippen LogP contribution >= 0.6 is 34.8 Å². The molecule has 10 heteroatoms. The van der Waals surface area contributed by atoms with Crippen molar-refractivity contribution in [3.8, 4) is 0 Å². The summed E-state index contributed by atoms with van der Waals surface area (Å²) < 4.78 is 25.0. The Balaban J connectivity index is 1.86. The lowest BCUT2D eigenvalue weighted by Crippen LogP contribution is -2.17. The van der Waals surface area contributed by atoms with Crippen LogP contribution in [0.4, 0.5) is 5.82 Å². The van der Waals surface area contributed by atoms with Gasteiger partial charge in [0.05, 0.1) is 28.2 Å². The first-order valence-electron chi connectivity index (χ1n) is 7.92. The zero-order valence-corrected chi connectivity index (χ0v) is 17.6. The molecule has 0 fully saturated rings. The number of amides is 1. The highest BCUT2D eigenvalue weighted by molar-refractivity contribution is 7.90. The number of benzene rings is 2. The van der Waals surface area contributed by atoms with Crippen molar-refractivity contribution in [1.82, 2.24) is 9.78 Å². The molecule has 0 aliphatic heterocycles. The first-order valence-corrected chi connectivity index (χ1v) is 10.9. The molecule has 0 aliphatic carbocycles. The number of carbonyl (C=O) groups is 1. The normalized spacial score (nSPS) is 11.4. The van der Waals surface area contributed by atoms with Gasteiger partial charge in [-0.1, -0.05) is 40.9 Å². The van der Waals surface area contributed by atoms with Crippen molar-refractivity contribution >= 4 is 56.4 Å². The van der Waals surface area contributed by atoms with E-state index in [1.165, 1.54) is 24.4 Å². The molecule has 1 amide bonds. The van der Waals surface area contributed by atoms with Gasteiger partial charge in [-0.05, 0) is 35.9 Å². The maximum atomic E-state index is 12.7. The van der Waals surface area contributed by atoms with E-state index >= 15 is 0 Å². The third kappa shape index (κ3) is 4.67. The van der Waals surface area contributed by atoms with Crippen molar-refractivity contribution < 1.29 is 13.2 Å². The minimum Gasteiger partial charge on any atom is -0.307 e. The van der Waals surface area contributed by atoms with Gasteiger partial charge in [0, 0.05) is 22.4 Å². The predicted octanol–water partition coefficient (Wildman–Crippen LogP) is 4.55. The number of hydrogen-bond acceptors (Lipinski definition) is 4. The van der Waals surface area contributed by atoms with Gasteiger partial charge >= 0.3 is 0 Å². The van der Waals surface area contributed by atoms with E-state index in [2.05, 4.69) is 10.4 Å². The highest BCUT2D eigenvalue weighted by Crippen LogP contribution is 2.24. The fourth-order valence-electron chi connectivity index (χ4n) is 2.47. The maximum Gasteiger partial charge on any atom is 0.258 e. The molecule has 1 heterocycles. The Labute approximate surface area is 176 Å². The summed E-state index contributed by atoms with van der Waals surface area (Å²) in [6.45, 7) is 0.301. The van der Waals surface area contributed by atoms with Gasteiger partial charge in [0.15, 0.2) is 9.84 Å². The Morgan fingerprint density at radius 3 is 2.50 bits per heavy atom. The van der Waals surface area contributed by atoms with Crippen molar-refractivity contribution in [2.45, 2.75) is 11.4 Å². The van der Waals surface area contributed by atoms with Crippen LogP contribution in [0.25, 0.3) is 0 Å². The van der Waals surface area contributed by atoms with E-state index in [1.807, 2.05) is 0 Å². The van der Waals surface area contributed by atoms with Crippen LogP contribution in [-0.4, -0.2) is 30.4 Å². The zero-order chi connectivity index (χ0) is 20.5. The molecule has 1 aromatic heterocycles. The molecule has 0 saturated heterocycles. The summed E-state index contributed by atoms with van der Waals surface area (Å²) in [5.41, 5.74) is 0.809. The Morgan fingerprint density at radius 2 is 1.82 bits per heavy atom. The Hall–Kier alpha value is -2.06. The number of hydrogen-bond donors (Lipinski definition) is 1. The monoisotopic (exact) mass is 457 g/mol. The van der Waals surface area contributed by atoms with Crippen LogP contribution in [0.2, 0.25) is 15.1 Å². The lowest BCUT2D eigenvalue weighted by atomic mass is 10.2. The van der Waals surface area contributed by atoms with Gasteiger partial charge in [0.2, 0.25) is 0 Å². The summed E-state index contributed by atoms with van der Waals surface area (Å²) in [7, 11) is -3.48. The van der Waals surface area contributed by atoms with Gasteiger partial charge in [0.25, 0.3) is 5.91 Å². The van der Waals surface area contributed by atoms with Crippen molar-refractivity contribution in [2.75, 3.05) is 11.6 Å². The summed E-state index contributed by atoms with van der Waals surface area (Å²) in [5, 5.41) is 8.00. The molecule has 146 valence electrons. The number of sulfone groups is 1. The van der Waals surface area contributed by atoms with E-state index in [-0.39, 0.29) is 15.5 Å². The molecule has 3 aromatic rings. The number of halogens is 3. The Bertz CT molecular complexity index is 1160. The zero-order valence-electron chi connectivity index (χ0n) is 14.5. The van der Waals surface area contributed by atoms with E-state index in [4.69, 9.17) is 34.8 Å². The largest absolute Gasteiger partial charge is 0.307 e. The van der Waals surface area contributed by atoms with Crippen LogP contribution in [0, 0.1) is 0 Å². The summed E-state index contributed by atoms with van der Waals surface area (Å²) in [6, 6.07) is 10.7. The van der Waals surface area contributed by atoms with E-state index in [0.29, 0.717) is 22.4 Å². The molecule has 2 aromatic carbocycles. The molecule has 0 unspecified atom stereocenters. The second-order valence-electron chi connectivity index (χ2n) is 5.98. The first-order chi connectivity index (χ1) is 13.1. The average molecular weight is 459 g/mol. The number of carbonyl (C=O) groups excluding carboxylic acids is 1. The molecule has 1 N–H and O–H groups in total. The van der Waals surface area contributed by atoms with Crippen LogP contribution in [0.5, 0.6) is 0 Å². The molecule has 0 spiro atoms. The van der Waals surface area contributed by atoms with Gasteiger partial charge in [0.1, 0.15) is 5.82 Å². The van der Waals surface area contributed by atoms with E-state index in [0.717, 1.165) is 11.8 Å². The Kier molecular flexibility index (Phi) is 6.00. The van der Waals surface area contributed by atoms with E-state index < -0.39 is 15.7 Å². The second-order valence-corrected chi connectivity index (χ2v) is 9.24. The lowest BCUT2D eigenvalue weighted by molar-refractivity contribution is 0.102. The molecular formula is C18H14Cl3N3O3S. The number of aromatic nitrogens is 2. The predicted molar refractivity (Wildman–Crippen MR) is 110 cm³/mol. The quantitative estimate of drug-likeness (QED) is 0.608. The molecule has 0 bridgehead atoms. The van der Waals surface area contributed by atoms with Crippen LogP contribution in [0.15, 0.2) is 53.6 Å². The molecular weight excluding hydrogens is 445 g/mol. The van der Waals surface area contributed by atoms with Crippen molar-refractivity contribution in [2.24, 2.45) is 0 Å². The second kappa shape index (κ2) is 8.13. The number of rotatable bonds is 5. The van der Waals surface area contributed by atoms with Crippen molar-refractivity contribution in [1.29, 1.82) is 0 Å². The molecule has 6 nitrogen and oxygen atoms in total. The highest BCUT2D eigenvalue weighted by Gasteiger charge is 2.17. The fraction of sp³-hybridized carbons (Fsp3) is 0.111. The van der Waals surface area contributed by atoms with Crippen LogP contribution in [-0.2, 0) is 16.4 Å². The lowest BCUT2D eigenvalue weighted by Gasteiger charge is -2.11. The van der Waals surface area contributed by atoms with Crippen molar-refractivity contribution in [3.05, 3.63) is 74.9 Å². The first kappa shape index (κ1) is 20.7. The van der Waals surface area contributed by atoms with E-state index in [9.17, 15) is 13.2 Å². The molecule has 0 aliphatic rings. The smallest absolute Gasteiger partial charge is 0.258 e. The molecule has 3 rings (SSSR count). The van der Waals surface area contributed by atoms with Gasteiger partial charge in [-0.25, -0.2) is 13.1 Å². The maximum absolute atomic E-state index is 12.7.